The Kier molecular flexibility index (Phi) is 5.27. The average Bonchev–Trinajstić information content (AvgIpc) is 2.62. The standard InChI is InChI=1S/C19H18F4N2O/c20-16-7-5-14(6-8-16)18(26)25-11-9-24(10-12-25)13-15-3-1-2-4-17(15)19(21,22)23/h1-8H,9-13H2. The second kappa shape index (κ2) is 7.45. The van der Waals surface area contributed by atoms with Crippen molar-refractivity contribution in [2.24, 2.45) is 0 Å². The molecule has 3 rings (SSSR count). The van der Waals surface area contributed by atoms with Crippen molar-refractivity contribution in [3.63, 3.8) is 0 Å². The second-order valence-corrected chi connectivity index (χ2v) is 6.23. The molecule has 0 unspecified atom stereocenters. The fourth-order valence-electron chi connectivity index (χ4n) is 3.06. The molecule has 26 heavy (non-hydrogen) atoms. The van der Waals surface area contributed by atoms with Crippen LogP contribution in [0.4, 0.5) is 17.6 Å². The largest absolute Gasteiger partial charge is 0.416 e. The highest BCUT2D eigenvalue weighted by Crippen LogP contribution is 2.32. The van der Waals surface area contributed by atoms with Crippen LogP contribution in [0.1, 0.15) is 21.5 Å². The molecule has 0 N–H and O–H groups in total. The minimum absolute atomic E-state index is 0.189. The van der Waals surface area contributed by atoms with Crippen molar-refractivity contribution in [3.05, 3.63) is 71.0 Å². The van der Waals surface area contributed by atoms with E-state index in [-0.39, 0.29) is 18.0 Å². The lowest BCUT2D eigenvalue weighted by Crippen LogP contribution is -2.48. The van der Waals surface area contributed by atoms with Gasteiger partial charge >= 0.3 is 6.18 Å². The summed E-state index contributed by atoms with van der Waals surface area (Å²) in [5.74, 6) is -0.602. The summed E-state index contributed by atoms with van der Waals surface area (Å²) in [6.45, 7) is 2.00. The molecule has 0 aromatic heterocycles. The molecular formula is C19H18F4N2O. The maximum Gasteiger partial charge on any atom is 0.416 e. The Morgan fingerprint density at radius 2 is 1.54 bits per heavy atom. The number of alkyl halides is 3. The van der Waals surface area contributed by atoms with Gasteiger partial charge in [-0.25, -0.2) is 4.39 Å². The zero-order valence-electron chi connectivity index (χ0n) is 14.0. The number of rotatable bonds is 3. The fraction of sp³-hybridized carbons (Fsp3) is 0.316. The van der Waals surface area contributed by atoms with Crippen molar-refractivity contribution in [2.75, 3.05) is 26.2 Å². The van der Waals surface area contributed by atoms with Crippen LogP contribution >= 0.6 is 0 Å². The molecule has 1 amide bonds. The van der Waals surface area contributed by atoms with Crippen LogP contribution in [0, 0.1) is 5.82 Å². The van der Waals surface area contributed by atoms with Gasteiger partial charge in [0.1, 0.15) is 5.82 Å². The first kappa shape index (κ1) is 18.4. The molecule has 0 radical (unpaired) electrons. The number of carbonyl (C=O) groups excluding carboxylic acids is 1. The van der Waals surface area contributed by atoms with Crippen molar-refractivity contribution in [1.82, 2.24) is 9.80 Å². The summed E-state index contributed by atoms with van der Waals surface area (Å²) in [5.41, 5.74) is 0.0189. The van der Waals surface area contributed by atoms with Crippen molar-refractivity contribution >= 4 is 5.91 Å². The van der Waals surface area contributed by atoms with E-state index in [1.807, 2.05) is 4.90 Å². The third-order valence-corrected chi connectivity index (χ3v) is 4.47. The lowest BCUT2D eigenvalue weighted by Gasteiger charge is -2.35. The topological polar surface area (TPSA) is 23.6 Å². The number of halogens is 4. The van der Waals surface area contributed by atoms with Crippen LogP contribution in [0.5, 0.6) is 0 Å². The minimum Gasteiger partial charge on any atom is -0.336 e. The third-order valence-electron chi connectivity index (χ3n) is 4.47. The predicted octanol–water partition coefficient (Wildman–Crippen LogP) is 3.80. The van der Waals surface area contributed by atoms with Crippen LogP contribution in [0.2, 0.25) is 0 Å². The quantitative estimate of drug-likeness (QED) is 0.772. The minimum atomic E-state index is -4.38. The van der Waals surface area contributed by atoms with E-state index >= 15 is 0 Å². The van der Waals surface area contributed by atoms with Gasteiger partial charge in [-0.05, 0) is 35.9 Å². The van der Waals surface area contributed by atoms with Gasteiger partial charge in [0.2, 0.25) is 0 Å². The number of amides is 1. The SMILES string of the molecule is O=C(c1ccc(F)cc1)N1CCN(Cc2ccccc2C(F)(F)F)CC1. The van der Waals surface area contributed by atoms with Gasteiger partial charge in [0.25, 0.3) is 5.91 Å². The van der Waals surface area contributed by atoms with E-state index in [0.29, 0.717) is 31.7 Å². The second-order valence-electron chi connectivity index (χ2n) is 6.23. The Morgan fingerprint density at radius 3 is 2.15 bits per heavy atom. The maximum atomic E-state index is 13.1. The van der Waals surface area contributed by atoms with Crippen LogP contribution in [-0.2, 0) is 12.7 Å². The number of piperazine rings is 1. The van der Waals surface area contributed by atoms with Crippen LogP contribution in [-0.4, -0.2) is 41.9 Å². The molecular weight excluding hydrogens is 348 g/mol. The Morgan fingerprint density at radius 1 is 0.923 bits per heavy atom. The van der Waals surface area contributed by atoms with E-state index < -0.39 is 17.6 Å². The summed E-state index contributed by atoms with van der Waals surface area (Å²) in [6.07, 6.45) is -4.38. The van der Waals surface area contributed by atoms with Crippen LogP contribution in [0.25, 0.3) is 0 Å². The zero-order chi connectivity index (χ0) is 18.7. The molecule has 0 aliphatic carbocycles. The Hall–Kier alpha value is -2.41. The molecule has 138 valence electrons. The van der Waals surface area contributed by atoms with Crippen LogP contribution in [0.3, 0.4) is 0 Å². The van der Waals surface area contributed by atoms with E-state index in [1.165, 1.54) is 36.4 Å². The van der Waals surface area contributed by atoms with Crippen molar-refractivity contribution in [1.29, 1.82) is 0 Å². The summed E-state index contributed by atoms with van der Waals surface area (Å²) < 4.78 is 52.2. The zero-order valence-corrected chi connectivity index (χ0v) is 14.0. The smallest absolute Gasteiger partial charge is 0.336 e. The van der Waals surface area contributed by atoms with Gasteiger partial charge in [0.15, 0.2) is 0 Å². The summed E-state index contributed by atoms with van der Waals surface area (Å²) in [7, 11) is 0. The monoisotopic (exact) mass is 366 g/mol. The van der Waals surface area contributed by atoms with E-state index in [0.717, 1.165) is 6.07 Å². The highest BCUT2D eigenvalue weighted by Gasteiger charge is 2.33. The lowest BCUT2D eigenvalue weighted by atomic mass is 10.1. The number of carbonyl (C=O) groups is 1. The first-order chi connectivity index (χ1) is 12.3. The van der Waals surface area contributed by atoms with Crippen molar-refractivity contribution < 1.29 is 22.4 Å². The van der Waals surface area contributed by atoms with E-state index in [9.17, 15) is 22.4 Å². The molecule has 1 fully saturated rings. The molecule has 0 saturated carbocycles. The van der Waals surface area contributed by atoms with Gasteiger partial charge in [-0.3, -0.25) is 9.69 Å². The van der Waals surface area contributed by atoms with Gasteiger partial charge in [-0.15, -0.1) is 0 Å². The predicted molar refractivity (Wildman–Crippen MR) is 89.0 cm³/mol. The van der Waals surface area contributed by atoms with Crippen LogP contribution < -0.4 is 0 Å². The molecule has 1 aliphatic rings. The van der Waals surface area contributed by atoms with Gasteiger partial charge in [0, 0.05) is 38.3 Å². The molecule has 0 atom stereocenters. The first-order valence-electron chi connectivity index (χ1n) is 8.27. The molecule has 0 spiro atoms. The van der Waals surface area contributed by atoms with E-state index in [1.54, 1.807) is 11.0 Å². The van der Waals surface area contributed by atoms with Gasteiger partial charge in [0.05, 0.1) is 5.56 Å². The summed E-state index contributed by atoms with van der Waals surface area (Å²) in [5, 5.41) is 0. The van der Waals surface area contributed by atoms with Crippen molar-refractivity contribution in [2.45, 2.75) is 12.7 Å². The molecule has 1 heterocycles. The van der Waals surface area contributed by atoms with Gasteiger partial charge < -0.3 is 4.90 Å². The summed E-state index contributed by atoms with van der Waals surface area (Å²) in [4.78, 5) is 15.9. The molecule has 1 aliphatic heterocycles. The highest BCUT2D eigenvalue weighted by molar-refractivity contribution is 5.94. The van der Waals surface area contributed by atoms with E-state index in [2.05, 4.69) is 0 Å². The van der Waals surface area contributed by atoms with E-state index in [4.69, 9.17) is 0 Å². The van der Waals surface area contributed by atoms with Crippen LogP contribution in [0.15, 0.2) is 48.5 Å². The Balaban J connectivity index is 1.61. The van der Waals surface area contributed by atoms with Gasteiger partial charge in [-0.1, -0.05) is 18.2 Å². The number of benzene rings is 2. The lowest BCUT2D eigenvalue weighted by molar-refractivity contribution is -0.138. The number of hydrogen-bond donors (Lipinski definition) is 0. The number of nitrogens with zero attached hydrogens (tertiary/aromatic N) is 2. The summed E-state index contributed by atoms with van der Waals surface area (Å²) in [6, 6.07) is 10.9. The molecule has 7 heteroatoms. The summed E-state index contributed by atoms with van der Waals surface area (Å²) >= 11 is 0. The normalized spacial score (nSPS) is 15.9. The Labute approximate surface area is 148 Å². The van der Waals surface area contributed by atoms with Gasteiger partial charge in [-0.2, -0.15) is 13.2 Å². The third kappa shape index (κ3) is 4.22. The maximum absolute atomic E-state index is 13.1. The molecule has 2 aromatic carbocycles. The Bertz CT molecular complexity index is 766. The first-order valence-corrected chi connectivity index (χ1v) is 8.27. The molecule has 1 saturated heterocycles. The molecule has 2 aromatic rings. The van der Waals surface area contributed by atoms with Crippen molar-refractivity contribution in [3.8, 4) is 0 Å². The number of hydrogen-bond acceptors (Lipinski definition) is 2. The molecule has 3 nitrogen and oxygen atoms in total. The highest BCUT2D eigenvalue weighted by atomic mass is 19.4. The molecule has 0 bridgehead atoms. The average molecular weight is 366 g/mol. The fourth-order valence-corrected chi connectivity index (χ4v) is 3.06.